The van der Waals surface area contributed by atoms with Crippen molar-refractivity contribution in [3.8, 4) is 0 Å². The summed E-state index contributed by atoms with van der Waals surface area (Å²) in [6.07, 6.45) is 2.68. The number of piperidine rings is 1. The molecule has 1 saturated heterocycles. The van der Waals surface area contributed by atoms with Crippen molar-refractivity contribution in [2.75, 3.05) is 40.0 Å². The maximum atomic E-state index is 11.2. The summed E-state index contributed by atoms with van der Waals surface area (Å²) in [5.74, 6) is -0.217. The van der Waals surface area contributed by atoms with Gasteiger partial charge in [0.15, 0.2) is 0 Å². The molecule has 0 aromatic heterocycles. The minimum Gasteiger partial charge on any atom is -0.463 e. The summed E-state index contributed by atoms with van der Waals surface area (Å²) in [6.45, 7) is 3.23. The Kier molecular flexibility index (Phi) is 7.12. The number of esters is 1. The predicted octanol–water partition coefficient (Wildman–Crippen LogP) is 0.335. The number of hydrogen-bond donors (Lipinski definition) is 1. The second-order valence-electron chi connectivity index (χ2n) is 3.78. The van der Waals surface area contributed by atoms with E-state index in [1.807, 2.05) is 0 Å². The lowest BCUT2D eigenvalue weighted by Crippen LogP contribution is -2.32. The van der Waals surface area contributed by atoms with Gasteiger partial charge in [0.2, 0.25) is 0 Å². The number of carbonyl (C=O) groups is 1. The van der Waals surface area contributed by atoms with Crippen LogP contribution in [0.15, 0.2) is 0 Å². The zero-order valence-corrected chi connectivity index (χ0v) is 9.87. The van der Waals surface area contributed by atoms with E-state index in [9.17, 15) is 4.79 Å². The molecule has 0 aromatic rings. The first-order valence-corrected chi connectivity index (χ1v) is 5.80. The molecular weight excluding hydrogens is 210 g/mol. The summed E-state index contributed by atoms with van der Waals surface area (Å²) < 4.78 is 15.3. The van der Waals surface area contributed by atoms with Crippen molar-refractivity contribution in [1.82, 2.24) is 5.32 Å². The van der Waals surface area contributed by atoms with Crippen molar-refractivity contribution >= 4 is 5.97 Å². The highest BCUT2D eigenvalue weighted by Gasteiger charge is 2.13. The summed E-state index contributed by atoms with van der Waals surface area (Å²) in [5, 5.41) is 3.26. The van der Waals surface area contributed by atoms with E-state index >= 15 is 0 Å². The van der Waals surface area contributed by atoms with E-state index in [0.29, 0.717) is 32.3 Å². The SMILES string of the molecule is COCCOC(=O)CCOC1CCNCC1. The normalized spacial score (nSPS) is 17.3. The molecule has 0 amide bonds. The largest absolute Gasteiger partial charge is 0.463 e. The molecule has 0 spiro atoms. The molecule has 0 unspecified atom stereocenters. The van der Waals surface area contributed by atoms with Crippen molar-refractivity contribution in [2.24, 2.45) is 0 Å². The Hall–Kier alpha value is -0.650. The molecule has 1 aliphatic rings. The Balaban J connectivity index is 1.94. The van der Waals surface area contributed by atoms with Gasteiger partial charge in [0.25, 0.3) is 0 Å². The van der Waals surface area contributed by atoms with Crippen molar-refractivity contribution < 1.29 is 19.0 Å². The zero-order valence-electron chi connectivity index (χ0n) is 9.87. The molecule has 5 heteroatoms. The van der Waals surface area contributed by atoms with Crippen molar-refractivity contribution in [3.63, 3.8) is 0 Å². The standard InChI is InChI=1S/C11H21NO4/c1-14-8-9-16-11(13)4-7-15-10-2-5-12-6-3-10/h10,12H,2-9H2,1H3. The summed E-state index contributed by atoms with van der Waals surface area (Å²) in [4.78, 5) is 11.2. The van der Waals surface area contributed by atoms with Crippen LogP contribution in [0.5, 0.6) is 0 Å². The van der Waals surface area contributed by atoms with Crippen LogP contribution in [-0.2, 0) is 19.0 Å². The molecule has 1 rings (SSSR count). The van der Waals surface area contributed by atoms with Crippen LogP contribution in [0.25, 0.3) is 0 Å². The van der Waals surface area contributed by atoms with Gasteiger partial charge in [-0.05, 0) is 25.9 Å². The lowest BCUT2D eigenvalue weighted by atomic mass is 10.1. The minimum absolute atomic E-state index is 0.217. The quantitative estimate of drug-likeness (QED) is 0.505. The molecule has 0 atom stereocenters. The number of methoxy groups -OCH3 is 1. The van der Waals surface area contributed by atoms with E-state index in [1.165, 1.54) is 0 Å². The van der Waals surface area contributed by atoms with Gasteiger partial charge in [-0.2, -0.15) is 0 Å². The van der Waals surface area contributed by atoms with Gasteiger partial charge in [-0.15, -0.1) is 0 Å². The topological polar surface area (TPSA) is 56.8 Å². The fraction of sp³-hybridized carbons (Fsp3) is 0.909. The van der Waals surface area contributed by atoms with Crippen LogP contribution >= 0.6 is 0 Å². The Labute approximate surface area is 96.4 Å². The molecule has 94 valence electrons. The van der Waals surface area contributed by atoms with Crippen molar-refractivity contribution in [1.29, 1.82) is 0 Å². The minimum atomic E-state index is -0.217. The summed E-state index contributed by atoms with van der Waals surface area (Å²) in [7, 11) is 1.58. The predicted molar refractivity (Wildman–Crippen MR) is 59.3 cm³/mol. The van der Waals surface area contributed by atoms with Gasteiger partial charge in [0.1, 0.15) is 6.61 Å². The van der Waals surface area contributed by atoms with Gasteiger partial charge in [-0.3, -0.25) is 4.79 Å². The molecule has 1 fully saturated rings. The maximum absolute atomic E-state index is 11.2. The lowest BCUT2D eigenvalue weighted by molar-refractivity contribution is -0.146. The van der Waals surface area contributed by atoms with E-state index < -0.39 is 0 Å². The first-order chi connectivity index (χ1) is 7.83. The van der Waals surface area contributed by atoms with Gasteiger partial charge >= 0.3 is 5.97 Å². The Bertz CT molecular complexity index is 192. The molecule has 5 nitrogen and oxygen atoms in total. The van der Waals surface area contributed by atoms with Crippen LogP contribution in [0, 0.1) is 0 Å². The average molecular weight is 231 g/mol. The second kappa shape index (κ2) is 8.50. The third-order valence-corrected chi connectivity index (χ3v) is 2.50. The Morgan fingerprint density at radius 3 is 2.69 bits per heavy atom. The molecule has 1 heterocycles. The van der Waals surface area contributed by atoms with Crippen LogP contribution in [0.1, 0.15) is 19.3 Å². The van der Waals surface area contributed by atoms with Gasteiger partial charge < -0.3 is 19.5 Å². The monoisotopic (exact) mass is 231 g/mol. The average Bonchev–Trinajstić information content (AvgIpc) is 2.31. The van der Waals surface area contributed by atoms with Crippen LogP contribution in [0.4, 0.5) is 0 Å². The molecule has 0 bridgehead atoms. The van der Waals surface area contributed by atoms with E-state index in [-0.39, 0.29) is 5.97 Å². The number of ether oxygens (including phenoxy) is 3. The highest BCUT2D eigenvalue weighted by molar-refractivity contribution is 5.69. The zero-order chi connectivity index (χ0) is 11.6. The Morgan fingerprint density at radius 2 is 2.00 bits per heavy atom. The van der Waals surface area contributed by atoms with Crippen molar-refractivity contribution in [3.05, 3.63) is 0 Å². The summed E-state index contributed by atoms with van der Waals surface area (Å²) in [6, 6.07) is 0. The highest BCUT2D eigenvalue weighted by Crippen LogP contribution is 2.07. The molecule has 1 N–H and O–H groups in total. The number of nitrogens with one attached hydrogen (secondary N) is 1. The maximum Gasteiger partial charge on any atom is 0.308 e. The van der Waals surface area contributed by atoms with Gasteiger partial charge in [-0.25, -0.2) is 0 Å². The van der Waals surface area contributed by atoms with Crippen molar-refractivity contribution in [2.45, 2.75) is 25.4 Å². The fourth-order valence-electron chi connectivity index (χ4n) is 1.58. The van der Waals surface area contributed by atoms with Gasteiger partial charge in [-0.1, -0.05) is 0 Å². The lowest BCUT2D eigenvalue weighted by Gasteiger charge is -2.22. The molecule has 16 heavy (non-hydrogen) atoms. The van der Waals surface area contributed by atoms with E-state index in [2.05, 4.69) is 5.32 Å². The van der Waals surface area contributed by atoms with E-state index in [4.69, 9.17) is 14.2 Å². The number of hydrogen-bond acceptors (Lipinski definition) is 5. The van der Waals surface area contributed by atoms with E-state index in [1.54, 1.807) is 7.11 Å². The van der Waals surface area contributed by atoms with Crippen LogP contribution < -0.4 is 5.32 Å². The molecule has 1 aliphatic heterocycles. The molecule has 0 aromatic carbocycles. The van der Waals surface area contributed by atoms with Crippen LogP contribution in [0.3, 0.4) is 0 Å². The smallest absolute Gasteiger partial charge is 0.308 e. The highest BCUT2D eigenvalue weighted by atomic mass is 16.6. The number of carbonyl (C=O) groups excluding carboxylic acids is 1. The first-order valence-electron chi connectivity index (χ1n) is 5.80. The van der Waals surface area contributed by atoms with E-state index in [0.717, 1.165) is 25.9 Å². The Morgan fingerprint density at radius 1 is 1.25 bits per heavy atom. The number of rotatable bonds is 7. The summed E-state index contributed by atoms with van der Waals surface area (Å²) in [5.41, 5.74) is 0. The second-order valence-corrected chi connectivity index (χ2v) is 3.78. The molecule has 0 aliphatic carbocycles. The molecule has 0 saturated carbocycles. The molecular formula is C11H21NO4. The third-order valence-electron chi connectivity index (χ3n) is 2.50. The fourth-order valence-corrected chi connectivity index (χ4v) is 1.58. The van der Waals surface area contributed by atoms with Crippen LogP contribution in [-0.4, -0.2) is 52.1 Å². The first kappa shape index (κ1) is 13.4. The third kappa shape index (κ3) is 6.05. The summed E-state index contributed by atoms with van der Waals surface area (Å²) >= 11 is 0. The van der Waals surface area contributed by atoms with Gasteiger partial charge in [0.05, 0.1) is 25.7 Å². The molecule has 0 radical (unpaired) electrons. The van der Waals surface area contributed by atoms with Gasteiger partial charge in [0, 0.05) is 7.11 Å². The van der Waals surface area contributed by atoms with Crippen LogP contribution in [0.2, 0.25) is 0 Å².